The number of amides is 2. The first-order valence-corrected chi connectivity index (χ1v) is 11.7. The molecule has 7 heteroatoms. The summed E-state index contributed by atoms with van der Waals surface area (Å²) in [4.78, 5) is 30.6. The Hall–Kier alpha value is -3.42. The molecule has 0 fully saturated rings. The first-order chi connectivity index (χ1) is 15.6. The predicted molar refractivity (Wildman–Crippen MR) is 131 cm³/mol. The van der Waals surface area contributed by atoms with Crippen LogP contribution in [0.5, 0.6) is 0 Å². The molecular weight excluding hydrogens is 438 g/mol. The van der Waals surface area contributed by atoms with E-state index in [2.05, 4.69) is 15.6 Å². The fourth-order valence-corrected chi connectivity index (χ4v) is 4.69. The van der Waals surface area contributed by atoms with Gasteiger partial charge in [-0.3, -0.25) is 9.59 Å². The van der Waals surface area contributed by atoms with Crippen LogP contribution in [0.25, 0.3) is 0 Å². The highest BCUT2D eigenvalue weighted by Crippen LogP contribution is 2.36. The first-order valence-electron chi connectivity index (χ1n) is 9.99. The van der Waals surface area contributed by atoms with Crippen LogP contribution >= 0.6 is 23.1 Å². The summed E-state index contributed by atoms with van der Waals surface area (Å²) < 4.78 is 0. The molecule has 2 N–H and O–H groups in total. The van der Waals surface area contributed by atoms with E-state index in [9.17, 15) is 9.59 Å². The van der Waals surface area contributed by atoms with Gasteiger partial charge in [0.25, 0.3) is 5.91 Å². The molecule has 1 heterocycles. The number of nitrogens with one attached hydrogen (secondary N) is 2. The summed E-state index contributed by atoms with van der Waals surface area (Å²) >= 11 is 2.83. The summed E-state index contributed by atoms with van der Waals surface area (Å²) in [5.41, 5.74) is 3.18. The van der Waals surface area contributed by atoms with Gasteiger partial charge < -0.3 is 10.6 Å². The summed E-state index contributed by atoms with van der Waals surface area (Å²) in [5, 5.41) is 7.78. The zero-order valence-electron chi connectivity index (χ0n) is 17.3. The maximum atomic E-state index is 13.0. The summed E-state index contributed by atoms with van der Waals surface area (Å²) in [5.74, 6) is -0.276. The highest BCUT2D eigenvalue weighted by Gasteiger charge is 2.23. The summed E-state index contributed by atoms with van der Waals surface area (Å²) in [6.45, 7) is 1.91. The Balaban J connectivity index is 1.48. The second-order valence-electron chi connectivity index (χ2n) is 7.03. The third-order valence-electron chi connectivity index (χ3n) is 4.76. The highest BCUT2D eigenvalue weighted by atomic mass is 32.2. The Morgan fingerprint density at radius 1 is 0.906 bits per heavy atom. The molecular formula is C25H21N3O2S2. The molecule has 0 spiro atoms. The van der Waals surface area contributed by atoms with Crippen LogP contribution in [-0.4, -0.2) is 16.8 Å². The van der Waals surface area contributed by atoms with Crippen molar-refractivity contribution in [2.75, 3.05) is 10.6 Å². The number of hydrogen-bond donors (Lipinski definition) is 2. The monoisotopic (exact) mass is 459 g/mol. The number of aromatic nitrogens is 1. The third kappa shape index (κ3) is 5.43. The van der Waals surface area contributed by atoms with E-state index in [0.29, 0.717) is 16.4 Å². The van der Waals surface area contributed by atoms with Crippen molar-refractivity contribution in [3.63, 3.8) is 0 Å². The smallest absolute Gasteiger partial charge is 0.255 e. The Labute approximate surface area is 194 Å². The number of nitrogens with zero attached hydrogens (tertiary/aromatic N) is 1. The quantitative estimate of drug-likeness (QED) is 0.324. The van der Waals surface area contributed by atoms with Crippen LogP contribution in [0.2, 0.25) is 0 Å². The second-order valence-corrected chi connectivity index (χ2v) is 9.10. The molecule has 3 aromatic carbocycles. The molecule has 0 bridgehead atoms. The summed E-state index contributed by atoms with van der Waals surface area (Å²) in [6.07, 6.45) is 1.66. The number of hydrogen-bond acceptors (Lipinski definition) is 5. The van der Waals surface area contributed by atoms with Gasteiger partial charge in [-0.2, -0.15) is 0 Å². The average Bonchev–Trinajstić information content (AvgIpc) is 3.32. The van der Waals surface area contributed by atoms with Gasteiger partial charge in [0.1, 0.15) is 5.25 Å². The lowest BCUT2D eigenvalue weighted by molar-refractivity contribution is -0.115. The molecule has 5 nitrogen and oxygen atoms in total. The Kier molecular flexibility index (Phi) is 6.99. The number of carbonyl (C=O) groups is 2. The first kappa shape index (κ1) is 21.8. The zero-order valence-corrected chi connectivity index (χ0v) is 19.0. The molecule has 0 aliphatic carbocycles. The van der Waals surface area contributed by atoms with E-state index in [0.717, 1.165) is 16.0 Å². The van der Waals surface area contributed by atoms with Crippen molar-refractivity contribution in [3.8, 4) is 0 Å². The maximum absolute atomic E-state index is 13.0. The van der Waals surface area contributed by atoms with Gasteiger partial charge >= 0.3 is 0 Å². The standard InChI is InChI=1S/C25H21N3O2S2/c1-17-7-5-6-10-21(17)23(29)27-19-11-13-20(14-12-19)32-22(18-8-3-2-4-9-18)24(30)28-25-26-15-16-31-25/h2-16,22H,1H3,(H,27,29)(H,26,28,30). The van der Waals surface area contributed by atoms with Gasteiger partial charge in [0.05, 0.1) is 0 Å². The fraction of sp³-hybridized carbons (Fsp3) is 0.0800. The van der Waals surface area contributed by atoms with Gasteiger partial charge in [-0.15, -0.1) is 23.1 Å². The molecule has 1 atom stereocenters. The second kappa shape index (κ2) is 10.3. The van der Waals surface area contributed by atoms with Crippen molar-refractivity contribution < 1.29 is 9.59 Å². The van der Waals surface area contributed by atoms with E-state index in [1.165, 1.54) is 23.1 Å². The van der Waals surface area contributed by atoms with Crippen LogP contribution in [0.15, 0.2) is 95.3 Å². The normalized spacial score (nSPS) is 11.5. The Morgan fingerprint density at radius 2 is 1.62 bits per heavy atom. The molecule has 0 aliphatic rings. The lowest BCUT2D eigenvalue weighted by Crippen LogP contribution is -2.18. The number of rotatable bonds is 7. The Morgan fingerprint density at radius 3 is 2.31 bits per heavy atom. The van der Waals surface area contributed by atoms with Crippen molar-refractivity contribution >= 4 is 45.7 Å². The van der Waals surface area contributed by atoms with Crippen LogP contribution in [0, 0.1) is 6.92 Å². The number of thioether (sulfide) groups is 1. The van der Waals surface area contributed by atoms with Crippen molar-refractivity contribution in [1.29, 1.82) is 0 Å². The van der Waals surface area contributed by atoms with Gasteiger partial charge in [-0.05, 0) is 48.4 Å². The minimum Gasteiger partial charge on any atom is -0.322 e. The number of aryl methyl sites for hydroxylation is 1. The van der Waals surface area contributed by atoms with Crippen molar-refractivity contribution in [3.05, 3.63) is 107 Å². The molecule has 4 aromatic rings. The van der Waals surface area contributed by atoms with Crippen LogP contribution < -0.4 is 10.6 Å². The van der Waals surface area contributed by atoms with Crippen LogP contribution in [-0.2, 0) is 4.79 Å². The minimum atomic E-state index is -0.437. The third-order valence-corrected chi connectivity index (χ3v) is 6.71. The molecule has 0 aliphatic heterocycles. The molecule has 32 heavy (non-hydrogen) atoms. The molecule has 1 unspecified atom stereocenters. The highest BCUT2D eigenvalue weighted by molar-refractivity contribution is 8.00. The summed E-state index contributed by atoms with van der Waals surface area (Å²) in [7, 11) is 0. The number of benzene rings is 3. The summed E-state index contributed by atoms with van der Waals surface area (Å²) in [6, 6.07) is 24.6. The lowest BCUT2D eigenvalue weighted by Gasteiger charge is -2.16. The predicted octanol–water partition coefficient (Wildman–Crippen LogP) is 6.18. The molecule has 2 amide bonds. The number of carbonyl (C=O) groups excluding carboxylic acids is 2. The van der Waals surface area contributed by atoms with Gasteiger partial charge in [0, 0.05) is 27.7 Å². The zero-order chi connectivity index (χ0) is 22.3. The number of thiazole rings is 1. The topological polar surface area (TPSA) is 71.1 Å². The molecule has 1 aromatic heterocycles. The van der Waals surface area contributed by atoms with Crippen molar-refractivity contribution in [2.24, 2.45) is 0 Å². The maximum Gasteiger partial charge on any atom is 0.255 e. The van der Waals surface area contributed by atoms with Crippen molar-refractivity contribution in [2.45, 2.75) is 17.1 Å². The fourth-order valence-electron chi connectivity index (χ4n) is 3.14. The van der Waals surface area contributed by atoms with Crippen LogP contribution in [0.3, 0.4) is 0 Å². The minimum absolute atomic E-state index is 0.131. The molecule has 160 valence electrons. The molecule has 4 rings (SSSR count). The molecule has 0 radical (unpaired) electrons. The molecule has 0 saturated carbocycles. The SMILES string of the molecule is Cc1ccccc1C(=O)Nc1ccc(SC(C(=O)Nc2nccs2)c2ccccc2)cc1. The lowest BCUT2D eigenvalue weighted by atomic mass is 10.1. The van der Waals surface area contributed by atoms with E-state index in [1.54, 1.807) is 12.3 Å². The van der Waals surface area contributed by atoms with E-state index in [1.807, 2.05) is 85.1 Å². The van der Waals surface area contributed by atoms with Crippen LogP contribution in [0.1, 0.15) is 26.7 Å². The molecule has 0 saturated heterocycles. The largest absolute Gasteiger partial charge is 0.322 e. The Bertz CT molecular complexity index is 1190. The van der Waals surface area contributed by atoms with Gasteiger partial charge in [-0.1, -0.05) is 48.5 Å². The van der Waals surface area contributed by atoms with Gasteiger partial charge in [0.15, 0.2) is 5.13 Å². The van der Waals surface area contributed by atoms with Gasteiger partial charge in [-0.25, -0.2) is 4.98 Å². The average molecular weight is 460 g/mol. The van der Waals surface area contributed by atoms with E-state index in [-0.39, 0.29) is 11.8 Å². The van der Waals surface area contributed by atoms with E-state index in [4.69, 9.17) is 0 Å². The van der Waals surface area contributed by atoms with E-state index >= 15 is 0 Å². The van der Waals surface area contributed by atoms with Gasteiger partial charge in [0.2, 0.25) is 5.91 Å². The van der Waals surface area contributed by atoms with Crippen LogP contribution in [0.4, 0.5) is 10.8 Å². The van der Waals surface area contributed by atoms with Crippen molar-refractivity contribution in [1.82, 2.24) is 4.98 Å². The number of anilines is 2. The van der Waals surface area contributed by atoms with E-state index < -0.39 is 5.25 Å².